The average Bonchev–Trinajstić information content (AvgIpc) is 3.55. The van der Waals surface area contributed by atoms with Crippen LogP contribution in [0, 0.1) is 0 Å². The van der Waals surface area contributed by atoms with Crippen molar-refractivity contribution in [3.05, 3.63) is 46.6 Å². The zero-order chi connectivity index (χ0) is 29.0. The van der Waals surface area contributed by atoms with E-state index in [-0.39, 0.29) is 19.1 Å². The van der Waals surface area contributed by atoms with E-state index in [4.69, 9.17) is 18.8 Å². The highest BCUT2D eigenvalue weighted by molar-refractivity contribution is 6.63. The summed E-state index contributed by atoms with van der Waals surface area (Å²) in [6, 6.07) is 7.39. The Bertz CT molecular complexity index is 1320. The molecule has 0 radical (unpaired) electrons. The number of carbonyl (C=O) groups excluding carboxylic acids is 2. The number of benzene rings is 1. The van der Waals surface area contributed by atoms with Gasteiger partial charge < -0.3 is 29.2 Å². The summed E-state index contributed by atoms with van der Waals surface area (Å²) in [5.41, 5.74) is 1.72. The quantitative estimate of drug-likeness (QED) is 0.532. The number of carbonyl (C=O) groups is 2. The number of rotatable bonds is 5. The number of amides is 2. The molecule has 0 unspecified atom stereocenters. The molecule has 0 bridgehead atoms. The molecule has 11 heteroatoms. The van der Waals surface area contributed by atoms with Gasteiger partial charge in [-0.3, -0.25) is 4.79 Å². The third-order valence-corrected chi connectivity index (χ3v) is 8.04. The Balaban J connectivity index is 1.52. The zero-order valence-electron chi connectivity index (χ0n) is 24.3. The Kier molecular flexibility index (Phi) is 7.23. The number of hydrogen-bond donors (Lipinski definition) is 2. The normalized spacial score (nSPS) is 21.6. The fraction of sp³-hybridized carbons (Fsp3) is 0.552. The first-order chi connectivity index (χ1) is 18.7. The highest BCUT2D eigenvalue weighted by Crippen LogP contribution is 2.39. The van der Waals surface area contributed by atoms with Crippen LogP contribution >= 0.6 is 0 Å². The third kappa shape index (κ3) is 5.23. The van der Waals surface area contributed by atoms with Gasteiger partial charge in [0.2, 0.25) is 0 Å². The Morgan fingerprint density at radius 1 is 1.18 bits per heavy atom. The first kappa shape index (κ1) is 28.5. The first-order valence-corrected chi connectivity index (χ1v) is 13.7. The maximum Gasteiger partial charge on any atom is 0.495 e. The summed E-state index contributed by atoms with van der Waals surface area (Å²) >= 11 is 0. The Morgan fingerprint density at radius 2 is 1.88 bits per heavy atom. The molecule has 2 fully saturated rings. The number of aliphatic hydroxyl groups is 1. The number of aromatic nitrogens is 1. The molecular weight excluding hydrogens is 513 g/mol. The van der Waals surface area contributed by atoms with Crippen LogP contribution in [0.5, 0.6) is 0 Å². The number of aliphatic hydroxyl groups excluding tert-OH is 1. The Morgan fingerprint density at radius 3 is 2.48 bits per heavy atom. The number of imide groups is 1. The maximum absolute atomic E-state index is 13.7. The number of anilines is 2. The van der Waals surface area contributed by atoms with Crippen LogP contribution in [0.1, 0.15) is 88.0 Å². The molecule has 40 heavy (non-hydrogen) atoms. The SMILES string of the molecule is CC(C)(C)OC(=O)N1Cc2c(B3OC(C)(C)C(C)(C)O3)ccc(Nc3ccc([C@@H]4CCOC4)c(CO)n3)c2C1=O. The molecule has 5 rings (SSSR count). The number of pyridine rings is 1. The van der Waals surface area contributed by atoms with Gasteiger partial charge in [0, 0.05) is 12.5 Å². The van der Waals surface area contributed by atoms with E-state index in [9.17, 15) is 14.7 Å². The Hall–Kier alpha value is -2.99. The van der Waals surface area contributed by atoms with Gasteiger partial charge in [0.15, 0.2) is 0 Å². The molecule has 3 aliphatic heterocycles. The lowest BCUT2D eigenvalue weighted by Crippen LogP contribution is -2.41. The molecular formula is C29H38BN3O7. The molecule has 1 aromatic carbocycles. The van der Waals surface area contributed by atoms with Gasteiger partial charge in [-0.2, -0.15) is 0 Å². The molecule has 2 N–H and O–H groups in total. The molecule has 2 amide bonds. The molecule has 3 aliphatic rings. The standard InChI is InChI=1S/C29H38BN3O7/c1-27(2,3)38-26(36)33-14-19-20(30-39-28(4,5)29(6,7)40-30)9-10-21(24(19)25(33)35)31-23-11-8-18(22(15-34)32-23)17-12-13-37-16-17/h8-11,17,34H,12-16H2,1-7H3,(H,31,32)/t17-/m1/s1. The van der Waals surface area contributed by atoms with Crippen LogP contribution < -0.4 is 10.8 Å². The van der Waals surface area contributed by atoms with Gasteiger partial charge in [0.25, 0.3) is 5.91 Å². The van der Waals surface area contributed by atoms with E-state index in [1.807, 2.05) is 45.9 Å². The van der Waals surface area contributed by atoms with Crippen molar-refractivity contribution in [2.24, 2.45) is 0 Å². The molecule has 1 atom stereocenters. The van der Waals surface area contributed by atoms with Crippen LogP contribution in [0.3, 0.4) is 0 Å². The van der Waals surface area contributed by atoms with Crippen molar-refractivity contribution in [1.29, 1.82) is 0 Å². The summed E-state index contributed by atoms with van der Waals surface area (Å²) < 4.78 is 23.6. The fourth-order valence-corrected chi connectivity index (χ4v) is 5.20. The highest BCUT2D eigenvalue weighted by Gasteiger charge is 2.53. The average molecular weight is 551 g/mol. The maximum atomic E-state index is 13.7. The summed E-state index contributed by atoms with van der Waals surface area (Å²) in [4.78, 5) is 32.5. The minimum absolute atomic E-state index is 0.0218. The van der Waals surface area contributed by atoms with Crippen molar-refractivity contribution in [2.75, 3.05) is 18.5 Å². The Labute approximate surface area is 235 Å². The van der Waals surface area contributed by atoms with Crippen molar-refractivity contribution in [2.45, 2.75) is 90.8 Å². The summed E-state index contributed by atoms with van der Waals surface area (Å²) in [5, 5.41) is 13.3. The second kappa shape index (κ2) is 10.1. The number of nitrogens with zero attached hydrogens (tertiary/aromatic N) is 2. The molecule has 4 heterocycles. The number of nitrogens with one attached hydrogen (secondary N) is 1. The van der Waals surface area contributed by atoms with E-state index >= 15 is 0 Å². The monoisotopic (exact) mass is 551 g/mol. The van der Waals surface area contributed by atoms with Gasteiger partial charge in [-0.1, -0.05) is 12.1 Å². The third-order valence-electron chi connectivity index (χ3n) is 8.04. The molecule has 2 saturated heterocycles. The lowest BCUT2D eigenvalue weighted by atomic mass is 9.74. The topological polar surface area (TPSA) is 119 Å². The molecule has 0 aliphatic carbocycles. The summed E-state index contributed by atoms with van der Waals surface area (Å²) in [7, 11) is -0.716. The van der Waals surface area contributed by atoms with Crippen molar-refractivity contribution < 1.29 is 33.5 Å². The van der Waals surface area contributed by atoms with E-state index in [0.29, 0.717) is 47.0 Å². The van der Waals surface area contributed by atoms with E-state index < -0.39 is 35.9 Å². The van der Waals surface area contributed by atoms with Gasteiger partial charge in [0.05, 0.1) is 47.9 Å². The predicted octanol–water partition coefficient (Wildman–Crippen LogP) is 4.01. The smallest absolute Gasteiger partial charge is 0.443 e. The van der Waals surface area contributed by atoms with Gasteiger partial charge in [-0.15, -0.1) is 0 Å². The van der Waals surface area contributed by atoms with Crippen LogP contribution in [0.25, 0.3) is 0 Å². The minimum atomic E-state index is -0.765. The van der Waals surface area contributed by atoms with Crippen LogP contribution in [-0.4, -0.2) is 64.1 Å². The molecule has 0 saturated carbocycles. The number of ether oxygens (including phenoxy) is 2. The van der Waals surface area contributed by atoms with E-state index in [2.05, 4.69) is 10.3 Å². The highest BCUT2D eigenvalue weighted by atomic mass is 16.7. The fourth-order valence-electron chi connectivity index (χ4n) is 5.20. The first-order valence-electron chi connectivity index (χ1n) is 13.7. The predicted molar refractivity (Wildman–Crippen MR) is 150 cm³/mol. The van der Waals surface area contributed by atoms with Crippen molar-refractivity contribution in [3.8, 4) is 0 Å². The lowest BCUT2D eigenvalue weighted by molar-refractivity contribution is 0.00578. The van der Waals surface area contributed by atoms with Crippen LogP contribution in [0.15, 0.2) is 24.3 Å². The summed E-state index contributed by atoms with van der Waals surface area (Å²) in [6.45, 7) is 14.2. The van der Waals surface area contributed by atoms with Crippen LogP contribution in [0.2, 0.25) is 0 Å². The summed E-state index contributed by atoms with van der Waals surface area (Å²) in [6.07, 6.45) is 0.160. The molecule has 0 spiro atoms. The van der Waals surface area contributed by atoms with Crippen molar-refractivity contribution in [1.82, 2.24) is 9.88 Å². The van der Waals surface area contributed by atoms with Gasteiger partial charge in [0.1, 0.15) is 11.4 Å². The second-order valence-electron chi connectivity index (χ2n) is 12.6. The lowest BCUT2D eigenvalue weighted by Gasteiger charge is -2.32. The van der Waals surface area contributed by atoms with Gasteiger partial charge >= 0.3 is 13.2 Å². The second-order valence-corrected chi connectivity index (χ2v) is 12.6. The van der Waals surface area contributed by atoms with Crippen molar-refractivity contribution >= 4 is 36.1 Å². The number of hydrogen-bond acceptors (Lipinski definition) is 9. The van der Waals surface area contributed by atoms with Crippen molar-refractivity contribution in [3.63, 3.8) is 0 Å². The largest absolute Gasteiger partial charge is 0.495 e. The van der Waals surface area contributed by atoms with E-state index in [1.165, 1.54) is 0 Å². The van der Waals surface area contributed by atoms with Crippen LogP contribution in [-0.2, 0) is 31.9 Å². The molecule has 10 nitrogen and oxygen atoms in total. The van der Waals surface area contributed by atoms with Crippen LogP contribution in [0.4, 0.5) is 16.3 Å². The van der Waals surface area contributed by atoms with Gasteiger partial charge in [-0.05, 0) is 83.6 Å². The molecule has 2 aromatic rings. The number of fused-ring (bicyclic) bond motifs is 1. The molecule has 1 aromatic heterocycles. The molecule has 214 valence electrons. The minimum Gasteiger partial charge on any atom is -0.443 e. The summed E-state index contributed by atoms with van der Waals surface area (Å²) in [5.74, 6) is 0.184. The van der Waals surface area contributed by atoms with E-state index in [1.54, 1.807) is 26.8 Å². The zero-order valence-corrected chi connectivity index (χ0v) is 24.3. The van der Waals surface area contributed by atoms with Gasteiger partial charge in [-0.25, -0.2) is 14.7 Å². The van der Waals surface area contributed by atoms with E-state index in [0.717, 1.165) is 16.9 Å².